The van der Waals surface area contributed by atoms with Gasteiger partial charge in [-0.2, -0.15) is 0 Å². The summed E-state index contributed by atoms with van der Waals surface area (Å²) in [5, 5.41) is 19.1. The molecule has 0 saturated carbocycles. The summed E-state index contributed by atoms with van der Waals surface area (Å²) < 4.78 is 5.00. The van der Waals surface area contributed by atoms with Gasteiger partial charge in [0.15, 0.2) is 0 Å². The first-order valence-electron chi connectivity index (χ1n) is 5.12. The smallest absolute Gasteiger partial charge is 0.340 e. The molecule has 0 heterocycles. The molecule has 0 aliphatic carbocycles. The van der Waals surface area contributed by atoms with E-state index in [1.54, 1.807) is 6.07 Å². The highest BCUT2D eigenvalue weighted by atomic mass is 16.5. The number of carbonyl (C=O) groups is 2. The zero-order chi connectivity index (χ0) is 13.3. The Hall–Kier alpha value is -2.56. The molecule has 18 heavy (non-hydrogen) atoms. The van der Waals surface area contributed by atoms with Gasteiger partial charge < -0.3 is 14.9 Å². The van der Waals surface area contributed by atoms with Gasteiger partial charge in [0.1, 0.15) is 11.3 Å². The Kier molecular flexibility index (Phi) is 2.89. The second kappa shape index (κ2) is 4.37. The zero-order valence-corrected chi connectivity index (χ0v) is 9.51. The summed E-state index contributed by atoms with van der Waals surface area (Å²) in [5.41, 5.74) is 0.149. The highest BCUT2D eigenvalue weighted by Gasteiger charge is 2.16. The fourth-order valence-corrected chi connectivity index (χ4v) is 1.83. The van der Waals surface area contributed by atoms with Gasteiger partial charge in [0.25, 0.3) is 0 Å². The summed E-state index contributed by atoms with van der Waals surface area (Å²) in [6.45, 7) is 0. The first kappa shape index (κ1) is 11.9. The van der Waals surface area contributed by atoms with E-state index in [9.17, 15) is 14.7 Å². The minimum absolute atomic E-state index is 0.0342. The Morgan fingerprint density at radius 3 is 2.33 bits per heavy atom. The molecule has 5 nitrogen and oxygen atoms in total. The fraction of sp³-hybridized carbons (Fsp3) is 0.0769. The van der Waals surface area contributed by atoms with E-state index < -0.39 is 11.9 Å². The van der Waals surface area contributed by atoms with Crippen LogP contribution >= 0.6 is 0 Å². The lowest BCUT2D eigenvalue weighted by molar-refractivity contribution is 0.0686. The molecule has 0 fully saturated rings. The van der Waals surface area contributed by atoms with Crippen molar-refractivity contribution in [3.05, 3.63) is 41.5 Å². The lowest BCUT2D eigenvalue weighted by Crippen LogP contribution is -2.02. The van der Waals surface area contributed by atoms with Crippen molar-refractivity contribution >= 4 is 22.7 Å². The van der Waals surface area contributed by atoms with Crippen LogP contribution in [-0.4, -0.2) is 29.3 Å². The van der Waals surface area contributed by atoms with Crippen LogP contribution in [0.25, 0.3) is 10.8 Å². The largest absolute Gasteiger partial charge is 0.496 e. The first-order valence-corrected chi connectivity index (χ1v) is 5.12. The van der Waals surface area contributed by atoms with Gasteiger partial charge in [-0.25, -0.2) is 9.59 Å². The van der Waals surface area contributed by atoms with Crippen molar-refractivity contribution in [2.24, 2.45) is 0 Å². The van der Waals surface area contributed by atoms with Gasteiger partial charge in [-0.3, -0.25) is 0 Å². The van der Waals surface area contributed by atoms with Crippen molar-refractivity contribution in [1.82, 2.24) is 0 Å². The van der Waals surface area contributed by atoms with Gasteiger partial charge in [-0.05, 0) is 29.0 Å². The average molecular weight is 246 g/mol. The number of carboxylic acids is 2. The molecule has 0 saturated heterocycles. The minimum atomic E-state index is -1.11. The average Bonchev–Trinajstić information content (AvgIpc) is 2.36. The lowest BCUT2D eigenvalue weighted by Gasteiger charge is -2.08. The first-order chi connectivity index (χ1) is 8.54. The van der Waals surface area contributed by atoms with E-state index in [0.717, 1.165) is 0 Å². The number of ether oxygens (including phenoxy) is 1. The van der Waals surface area contributed by atoms with Crippen LogP contribution in [-0.2, 0) is 0 Å². The van der Waals surface area contributed by atoms with E-state index >= 15 is 0 Å². The van der Waals surface area contributed by atoms with Crippen LogP contribution in [0.5, 0.6) is 5.75 Å². The quantitative estimate of drug-likeness (QED) is 0.867. The summed E-state index contributed by atoms with van der Waals surface area (Å²) in [7, 11) is 1.39. The maximum Gasteiger partial charge on any atom is 0.340 e. The van der Waals surface area contributed by atoms with Crippen LogP contribution in [0.2, 0.25) is 0 Å². The summed E-state index contributed by atoms with van der Waals surface area (Å²) in [6.07, 6.45) is 0. The number of rotatable bonds is 3. The maximum atomic E-state index is 11.2. The van der Waals surface area contributed by atoms with Crippen LogP contribution in [0.4, 0.5) is 0 Å². The normalized spacial score (nSPS) is 10.3. The zero-order valence-electron chi connectivity index (χ0n) is 9.51. The Balaban J connectivity index is 2.78. The van der Waals surface area contributed by atoms with Crippen molar-refractivity contribution in [3.8, 4) is 5.75 Å². The molecular formula is C13H10O5. The van der Waals surface area contributed by atoms with E-state index in [1.807, 2.05) is 0 Å². The molecule has 0 bridgehead atoms. The van der Waals surface area contributed by atoms with Crippen LogP contribution in [0, 0.1) is 0 Å². The van der Waals surface area contributed by atoms with Crippen LogP contribution in [0.1, 0.15) is 20.7 Å². The molecule has 2 aromatic carbocycles. The summed E-state index contributed by atoms with van der Waals surface area (Å²) in [4.78, 5) is 22.1. The number of methoxy groups -OCH3 is 1. The molecule has 2 N–H and O–H groups in total. The highest BCUT2D eigenvalue weighted by Crippen LogP contribution is 2.28. The number of aromatic carboxylic acids is 2. The number of benzene rings is 2. The van der Waals surface area contributed by atoms with E-state index in [2.05, 4.69) is 0 Å². The highest BCUT2D eigenvalue weighted by molar-refractivity contribution is 6.07. The summed E-state index contributed by atoms with van der Waals surface area (Å²) >= 11 is 0. The number of hydrogen-bond acceptors (Lipinski definition) is 3. The molecule has 0 aliphatic heterocycles. The molecule has 2 aromatic rings. The Labute approximate surface area is 102 Å². The summed E-state index contributed by atoms with van der Waals surface area (Å²) in [5.74, 6) is -1.91. The van der Waals surface area contributed by atoms with E-state index in [0.29, 0.717) is 10.8 Å². The molecule has 0 atom stereocenters. The molecular weight excluding hydrogens is 236 g/mol. The third kappa shape index (κ3) is 1.86. The SMILES string of the molecule is COc1ccc2cc(C(=O)O)ccc2c1C(=O)O. The number of carboxylic acid groups (broad SMARTS) is 2. The molecule has 92 valence electrons. The maximum absolute atomic E-state index is 11.2. The van der Waals surface area contributed by atoms with Crippen LogP contribution in [0.15, 0.2) is 30.3 Å². The topological polar surface area (TPSA) is 83.8 Å². The predicted molar refractivity (Wildman–Crippen MR) is 64.4 cm³/mol. The van der Waals surface area contributed by atoms with Crippen LogP contribution in [0.3, 0.4) is 0 Å². The minimum Gasteiger partial charge on any atom is -0.496 e. The standard InChI is InChI=1S/C13H10O5/c1-18-10-5-3-7-6-8(12(14)15)2-4-9(7)11(10)13(16)17/h2-6H,1H3,(H,14,15)(H,16,17). The molecule has 5 heteroatoms. The Morgan fingerprint density at radius 1 is 1.06 bits per heavy atom. The Bertz CT molecular complexity index is 645. The molecule has 0 amide bonds. The third-order valence-electron chi connectivity index (χ3n) is 2.66. The number of hydrogen-bond donors (Lipinski definition) is 2. The van der Waals surface area contributed by atoms with Crippen LogP contribution < -0.4 is 4.74 Å². The molecule has 0 radical (unpaired) electrons. The number of fused-ring (bicyclic) bond motifs is 1. The fourth-order valence-electron chi connectivity index (χ4n) is 1.83. The van der Waals surface area contributed by atoms with E-state index in [1.165, 1.54) is 31.4 Å². The van der Waals surface area contributed by atoms with Gasteiger partial charge in [-0.1, -0.05) is 12.1 Å². The molecule has 0 unspecified atom stereocenters. The van der Waals surface area contributed by atoms with Gasteiger partial charge in [-0.15, -0.1) is 0 Å². The molecule has 0 aromatic heterocycles. The van der Waals surface area contributed by atoms with E-state index in [4.69, 9.17) is 9.84 Å². The Morgan fingerprint density at radius 2 is 1.78 bits per heavy atom. The predicted octanol–water partition coefficient (Wildman–Crippen LogP) is 2.24. The van der Waals surface area contributed by atoms with Crippen molar-refractivity contribution in [2.45, 2.75) is 0 Å². The van der Waals surface area contributed by atoms with Crippen molar-refractivity contribution in [2.75, 3.05) is 7.11 Å². The van der Waals surface area contributed by atoms with Gasteiger partial charge in [0, 0.05) is 0 Å². The van der Waals surface area contributed by atoms with Crippen molar-refractivity contribution in [1.29, 1.82) is 0 Å². The van der Waals surface area contributed by atoms with Gasteiger partial charge in [0.2, 0.25) is 0 Å². The summed E-state index contributed by atoms with van der Waals surface area (Å²) in [6, 6.07) is 7.43. The lowest BCUT2D eigenvalue weighted by atomic mass is 10.0. The van der Waals surface area contributed by atoms with Crippen molar-refractivity contribution < 1.29 is 24.5 Å². The van der Waals surface area contributed by atoms with Gasteiger partial charge >= 0.3 is 11.9 Å². The monoisotopic (exact) mass is 246 g/mol. The second-order valence-electron chi connectivity index (χ2n) is 3.69. The van der Waals surface area contributed by atoms with Crippen molar-refractivity contribution in [3.63, 3.8) is 0 Å². The van der Waals surface area contributed by atoms with Gasteiger partial charge in [0.05, 0.1) is 12.7 Å². The molecule has 2 rings (SSSR count). The van der Waals surface area contributed by atoms with E-state index in [-0.39, 0.29) is 16.9 Å². The second-order valence-corrected chi connectivity index (χ2v) is 3.69. The molecule has 0 spiro atoms. The third-order valence-corrected chi connectivity index (χ3v) is 2.66. The molecule has 0 aliphatic rings.